The number of rotatable bonds is 3. The largest absolute Gasteiger partial charge is 0.461 e. The summed E-state index contributed by atoms with van der Waals surface area (Å²) in [4.78, 5) is 12.2. The van der Waals surface area contributed by atoms with E-state index in [0.717, 1.165) is 36.2 Å². The fourth-order valence-electron chi connectivity index (χ4n) is 3.08. The van der Waals surface area contributed by atoms with Crippen LogP contribution in [0.15, 0.2) is 30.3 Å². The second-order valence-electron chi connectivity index (χ2n) is 6.58. The molecule has 4 heteroatoms. The van der Waals surface area contributed by atoms with Crippen LogP contribution in [0.3, 0.4) is 0 Å². The summed E-state index contributed by atoms with van der Waals surface area (Å²) in [6.07, 6.45) is 2.86. The lowest BCUT2D eigenvalue weighted by molar-refractivity contribution is 0.0517. The van der Waals surface area contributed by atoms with Gasteiger partial charge in [-0.25, -0.2) is 9.48 Å². The molecule has 1 aromatic heterocycles. The summed E-state index contributed by atoms with van der Waals surface area (Å²) < 4.78 is 7.10. The number of benzene rings is 1. The number of aromatic nitrogens is 2. The zero-order valence-corrected chi connectivity index (χ0v) is 13.4. The van der Waals surface area contributed by atoms with Gasteiger partial charge >= 0.3 is 5.97 Å². The summed E-state index contributed by atoms with van der Waals surface area (Å²) in [5.74, 6) is -0.312. The van der Waals surface area contributed by atoms with Crippen LogP contribution in [0.2, 0.25) is 0 Å². The maximum absolute atomic E-state index is 12.2. The van der Waals surface area contributed by atoms with E-state index in [2.05, 4.69) is 18.9 Å². The lowest BCUT2D eigenvalue weighted by atomic mass is 9.76. The normalized spacial score (nSPS) is 16.1. The van der Waals surface area contributed by atoms with Crippen molar-refractivity contribution in [3.63, 3.8) is 0 Å². The maximum atomic E-state index is 12.2. The number of nitrogens with zero attached hydrogens (tertiary/aromatic N) is 2. The van der Waals surface area contributed by atoms with E-state index in [9.17, 15) is 4.79 Å². The summed E-state index contributed by atoms with van der Waals surface area (Å²) in [5.41, 5.74) is 3.90. The molecule has 0 radical (unpaired) electrons. The standard InChI is InChI=1S/C18H22N2O2/c1-4-22-17(21)16-14-10-11-18(2,3)12-15(14)20(19-16)13-8-6-5-7-9-13/h5-9H,4,10-12H2,1-3H3. The molecule has 0 spiro atoms. The highest BCUT2D eigenvalue weighted by molar-refractivity contribution is 5.89. The molecule has 0 bridgehead atoms. The second-order valence-corrected chi connectivity index (χ2v) is 6.58. The van der Waals surface area contributed by atoms with Crippen molar-refractivity contribution in [2.45, 2.75) is 40.0 Å². The summed E-state index contributed by atoms with van der Waals surface area (Å²) in [5, 5.41) is 4.59. The summed E-state index contributed by atoms with van der Waals surface area (Å²) in [7, 11) is 0. The third-order valence-electron chi connectivity index (χ3n) is 4.26. The van der Waals surface area contributed by atoms with Crippen LogP contribution in [-0.2, 0) is 17.6 Å². The summed E-state index contributed by atoms with van der Waals surface area (Å²) >= 11 is 0. The van der Waals surface area contributed by atoms with E-state index in [4.69, 9.17) is 4.74 Å². The van der Waals surface area contributed by atoms with Crippen LogP contribution in [0.5, 0.6) is 0 Å². The molecule has 1 aromatic carbocycles. The van der Waals surface area contributed by atoms with E-state index in [1.54, 1.807) is 0 Å². The van der Waals surface area contributed by atoms with Gasteiger partial charge in [-0.05, 0) is 43.7 Å². The van der Waals surface area contributed by atoms with Gasteiger partial charge in [0.05, 0.1) is 12.3 Å². The average Bonchev–Trinajstić information content (AvgIpc) is 2.86. The lowest BCUT2D eigenvalue weighted by Crippen LogP contribution is -2.24. The van der Waals surface area contributed by atoms with Gasteiger partial charge in [0.25, 0.3) is 0 Å². The van der Waals surface area contributed by atoms with E-state index in [-0.39, 0.29) is 11.4 Å². The first kappa shape index (κ1) is 14.8. The number of esters is 1. The zero-order chi connectivity index (χ0) is 15.7. The highest BCUT2D eigenvalue weighted by Gasteiger charge is 2.33. The molecule has 0 atom stereocenters. The van der Waals surface area contributed by atoms with Crippen molar-refractivity contribution < 1.29 is 9.53 Å². The molecular formula is C18H22N2O2. The molecule has 0 fully saturated rings. The molecule has 1 aliphatic carbocycles. The molecule has 0 N–H and O–H groups in total. The van der Waals surface area contributed by atoms with Crippen molar-refractivity contribution in [2.24, 2.45) is 5.41 Å². The average molecular weight is 298 g/mol. The number of carbonyl (C=O) groups is 1. The van der Waals surface area contributed by atoms with E-state index in [1.165, 1.54) is 0 Å². The van der Waals surface area contributed by atoms with Gasteiger partial charge in [0.2, 0.25) is 0 Å². The Morgan fingerprint density at radius 3 is 2.73 bits per heavy atom. The molecule has 2 aromatic rings. The molecule has 3 rings (SSSR count). The van der Waals surface area contributed by atoms with E-state index in [0.29, 0.717) is 12.3 Å². The molecule has 0 aliphatic heterocycles. The molecule has 1 aliphatic rings. The van der Waals surface area contributed by atoms with E-state index < -0.39 is 0 Å². The topological polar surface area (TPSA) is 44.1 Å². The Morgan fingerprint density at radius 2 is 2.05 bits per heavy atom. The Bertz CT molecular complexity index is 687. The molecule has 0 amide bonds. The van der Waals surface area contributed by atoms with Crippen LogP contribution in [-0.4, -0.2) is 22.4 Å². The van der Waals surface area contributed by atoms with Gasteiger partial charge in [-0.3, -0.25) is 0 Å². The van der Waals surface area contributed by atoms with Crippen molar-refractivity contribution >= 4 is 5.97 Å². The van der Waals surface area contributed by atoms with Gasteiger partial charge < -0.3 is 4.74 Å². The minimum absolute atomic E-state index is 0.228. The van der Waals surface area contributed by atoms with Gasteiger partial charge in [-0.1, -0.05) is 32.0 Å². The number of ether oxygens (including phenoxy) is 1. The fourth-order valence-corrected chi connectivity index (χ4v) is 3.08. The highest BCUT2D eigenvalue weighted by Crippen LogP contribution is 2.37. The van der Waals surface area contributed by atoms with Crippen LogP contribution in [0.1, 0.15) is 48.9 Å². The van der Waals surface area contributed by atoms with Crippen molar-refractivity contribution in [2.75, 3.05) is 6.61 Å². The number of fused-ring (bicyclic) bond motifs is 1. The van der Waals surface area contributed by atoms with Crippen molar-refractivity contribution in [1.82, 2.24) is 9.78 Å². The van der Waals surface area contributed by atoms with Crippen LogP contribution in [0, 0.1) is 5.41 Å². The smallest absolute Gasteiger partial charge is 0.359 e. The zero-order valence-electron chi connectivity index (χ0n) is 13.4. The predicted molar refractivity (Wildman–Crippen MR) is 85.3 cm³/mol. The minimum atomic E-state index is -0.312. The van der Waals surface area contributed by atoms with Crippen molar-refractivity contribution in [3.8, 4) is 5.69 Å². The van der Waals surface area contributed by atoms with Gasteiger partial charge in [0, 0.05) is 11.3 Å². The van der Waals surface area contributed by atoms with Crippen LogP contribution < -0.4 is 0 Å². The maximum Gasteiger partial charge on any atom is 0.359 e. The lowest BCUT2D eigenvalue weighted by Gasteiger charge is -2.30. The second kappa shape index (κ2) is 5.59. The molecule has 4 nitrogen and oxygen atoms in total. The van der Waals surface area contributed by atoms with Gasteiger partial charge in [-0.15, -0.1) is 0 Å². The SMILES string of the molecule is CCOC(=O)c1nn(-c2ccccc2)c2c1CCC(C)(C)C2. The first-order valence-corrected chi connectivity index (χ1v) is 7.85. The quantitative estimate of drug-likeness (QED) is 0.814. The number of para-hydroxylation sites is 1. The molecule has 0 saturated heterocycles. The van der Waals surface area contributed by atoms with Crippen LogP contribution >= 0.6 is 0 Å². The Morgan fingerprint density at radius 1 is 1.32 bits per heavy atom. The Balaban J connectivity index is 2.12. The Labute approximate surface area is 131 Å². The monoisotopic (exact) mass is 298 g/mol. The van der Waals surface area contributed by atoms with Gasteiger partial charge in [0.15, 0.2) is 5.69 Å². The summed E-state index contributed by atoms with van der Waals surface area (Å²) in [6, 6.07) is 9.99. The fraction of sp³-hybridized carbons (Fsp3) is 0.444. The molecule has 0 saturated carbocycles. The van der Waals surface area contributed by atoms with Gasteiger partial charge in [0.1, 0.15) is 0 Å². The first-order chi connectivity index (χ1) is 10.5. The first-order valence-electron chi connectivity index (χ1n) is 7.85. The third-order valence-corrected chi connectivity index (χ3v) is 4.26. The Kier molecular flexibility index (Phi) is 3.77. The Hall–Kier alpha value is -2.10. The van der Waals surface area contributed by atoms with Crippen LogP contribution in [0.4, 0.5) is 0 Å². The van der Waals surface area contributed by atoms with Crippen molar-refractivity contribution in [3.05, 3.63) is 47.3 Å². The van der Waals surface area contributed by atoms with Crippen molar-refractivity contribution in [1.29, 1.82) is 0 Å². The van der Waals surface area contributed by atoms with Crippen LogP contribution in [0.25, 0.3) is 5.69 Å². The van der Waals surface area contributed by atoms with E-state index >= 15 is 0 Å². The predicted octanol–water partition coefficient (Wildman–Crippen LogP) is 3.56. The summed E-state index contributed by atoms with van der Waals surface area (Å²) in [6.45, 7) is 6.73. The molecule has 22 heavy (non-hydrogen) atoms. The molecular weight excluding hydrogens is 276 g/mol. The minimum Gasteiger partial charge on any atom is -0.461 e. The molecule has 0 unspecified atom stereocenters. The number of hydrogen-bond acceptors (Lipinski definition) is 3. The third kappa shape index (κ3) is 2.65. The number of carbonyl (C=O) groups excluding carboxylic acids is 1. The number of hydrogen-bond donors (Lipinski definition) is 0. The highest BCUT2D eigenvalue weighted by atomic mass is 16.5. The molecule has 116 valence electrons. The molecule has 1 heterocycles. The van der Waals surface area contributed by atoms with Gasteiger partial charge in [-0.2, -0.15) is 5.10 Å². The van der Waals surface area contributed by atoms with E-state index in [1.807, 2.05) is 41.9 Å².